The van der Waals surface area contributed by atoms with Gasteiger partial charge in [0, 0.05) is 5.02 Å². The number of hydrogen-bond acceptors (Lipinski definition) is 0. The smallest absolute Gasteiger partial charge is 0.241 e. The summed E-state index contributed by atoms with van der Waals surface area (Å²) in [5, 5.41) is 0.811. The van der Waals surface area contributed by atoms with E-state index in [0.717, 1.165) is 11.4 Å². The highest BCUT2D eigenvalue weighted by atomic mass is 79.9. The Hall–Kier alpha value is -0.800. The van der Waals surface area contributed by atoms with Crippen molar-refractivity contribution in [3.8, 4) is 0 Å². The number of aromatic amines is 1. The van der Waals surface area contributed by atoms with E-state index in [-0.39, 0.29) is 17.0 Å². The zero-order valence-electron chi connectivity index (χ0n) is 11.9. The van der Waals surface area contributed by atoms with Gasteiger partial charge in [0.1, 0.15) is 18.4 Å². The lowest BCUT2D eigenvalue weighted by Gasteiger charge is -2.13. The molecule has 2 nitrogen and oxygen atoms in total. The van der Waals surface area contributed by atoms with Crippen LogP contribution in [0.1, 0.15) is 44.2 Å². The molecular formula is C16H22BrClN2. The lowest BCUT2D eigenvalue weighted by atomic mass is 10.0. The molecule has 110 valence electrons. The largest absolute Gasteiger partial charge is 1.00 e. The van der Waals surface area contributed by atoms with Crippen LogP contribution in [0, 0.1) is 0 Å². The molecule has 0 saturated carbocycles. The third-order valence-electron chi connectivity index (χ3n) is 3.56. The molecule has 1 unspecified atom stereocenters. The minimum atomic E-state index is 0. The molecule has 0 radical (unpaired) electrons. The molecular weight excluding hydrogens is 336 g/mol. The van der Waals surface area contributed by atoms with Crippen LogP contribution >= 0.6 is 11.6 Å². The number of rotatable bonds is 7. The SMILES string of the molecule is CCCCC(CCc1ccc(Cl)cc1)[n+]1cc[nH]c1.[Br-]. The Morgan fingerprint density at radius 3 is 2.55 bits per heavy atom. The van der Waals surface area contributed by atoms with E-state index >= 15 is 0 Å². The first-order chi connectivity index (χ1) is 9.29. The summed E-state index contributed by atoms with van der Waals surface area (Å²) in [5.74, 6) is 0. The van der Waals surface area contributed by atoms with Crippen molar-refractivity contribution in [2.75, 3.05) is 0 Å². The fraction of sp³-hybridized carbons (Fsp3) is 0.438. The molecule has 0 bridgehead atoms. The van der Waals surface area contributed by atoms with Crippen molar-refractivity contribution in [2.24, 2.45) is 0 Å². The monoisotopic (exact) mass is 356 g/mol. The highest BCUT2D eigenvalue weighted by Gasteiger charge is 2.14. The van der Waals surface area contributed by atoms with Gasteiger partial charge in [0.05, 0.1) is 0 Å². The van der Waals surface area contributed by atoms with E-state index in [1.54, 1.807) is 0 Å². The lowest BCUT2D eigenvalue weighted by molar-refractivity contribution is -0.723. The molecule has 0 aliphatic carbocycles. The molecule has 1 aromatic heterocycles. The van der Waals surface area contributed by atoms with Gasteiger partial charge in [-0.2, -0.15) is 0 Å². The van der Waals surface area contributed by atoms with Crippen LogP contribution in [0.5, 0.6) is 0 Å². The fourth-order valence-corrected chi connectivity index (χ4v) is 2.52. The van der Waals surface area contributed by atoms with Crippen LogP contribution in [-0.2, 0) is 6.42 Å². The van der Waals surface area contributed by atoms with Crippen LogP contribution in [0.25, 0.3) is 0 Å². The fourth-order valence-electron chi connectivity index (χ4n) is 2.39. The van der Waals surface area contributed by atoms with Crippen LogP contribution in [-0.4, -0.2) is 4.98 Å². The standard InChI is InChI=1S/C16H21ClN2.BrH/c1-2-3-4-16(19-12-11-18-13-19)10-7-14-5-8-15(17)9-6-14;/h5-6,8-9,11-13,16H,2-4,7,10H2,1H3;1H. The van der Waals surface area contributed by atoms with Crippen molar-refractivity contribution in [2.45, 2.75) is 45.1 Å². The van der Waals surface area contributed by atoms with Crippen molar-refractivity contribution in [3.63, 3.8) is 0 Å². The van der Waals surface area contributed by atoms with Crippen LogP contribution in [0.4, 0.5) is 0 Å². The van der Waals surface area contributed by atoms with Gasteiger partial charge in [0.2, 0.25) is 6.33 Å². The molecule has 20 heavy (non-hydrogen) atoms. The highest BCUT2D eigenvalue weighted by Crippen LogP contribution is 2.17. The molecule has 2 rings (SSSR count). The van der Waals surface area contributed by atoms with Gasteiger partial charge in [0.15, 0.2) is 0 Å². The number of halogens is 2. The van der Waals surface area contributed by atoms with E-state index in [2.05, 4.69) is 41.1 Å². The number of hydrogen-bond donors (Lipinski definition) is 1. The second-order valence-corrected chi connectivity index (χ2v) is 5.46. The summed E-state index contributed by atoms with van der Waals surface area (Å²) in [7, 11) is 0. The second kappa shape index (κ2) is 9.19. The molecule has 1 aromatic carbocycles. The van der Waals surface area contributed by atoms with E-state index in [9.17, 15) is 0 Å². The average Bonchev–Trinajstić information content (AvgIpc) is 2.95. The van der Waals surface area contributed by atoms with Crippen molar-refractivity contribution in [3.05, 3.63) is 53.6 Å². The molecule has 0 aliphatic heterocycles. The maximum Gasteiger partial charge on any atom is 0.241 e. The van der Waals surface area contributed by atoms with Crippen LogP contribution in [0.15, 0.2) is 43.0 Å². The van der Waals surface area contributed by atoms with Gasteiger partial charge in [-0.1, -0.05) is 37.1 Å². The number of nitrogens with one attached hydrogen (secondary N) is 1. The minimum absolute atomic E-state index is 0. The second-order valence-electron chi connectivity index (χ2n) is 5.02. The third kappa shape index (κ3) is 5.29. The number of aromatic nitrogens is 2. The first kappa shape index (κ1) is 17.3. The van der Waals surface area contributed by atoms with Gasteiger partial charge in [0.25, 0.3) is 0 Å². The topological polar surface area (TPSA) is 19.7 Å². The molecule has 2 aromatic rings. The molecule has 1 N–H and O–H groups in total. The van der Waals surface area contributed by atoms with E-state index in [1.165, 1.54) is 31.2 Å². The molecule has 0 aliphatic rings. The maximum absolute atomic E-state index is 5.92. The molecule has 0 saturated heterocycles. The van der Waals surface area contributed by atoms with E-state index in [4.69, 9.17) is 11.6 Å². The number of nitrogens with zero attached hydrogens (tertiary/aromatic N) is 1. The lowest BCUT2D eigenvalue weighted by Crippen LogP contribution is -3.00. The summed E-state index contributed by atoms with van der Waals surface area (Å²) in [6.45, 7) is 2.25. The van der Waals surface area contributed by atoms with E-state index in [1.807, 2.05) is 18.3 Å². The molecule has 0 fully saturated rings. The number of benzene rings is 1. The van der Waals surface area contributed by atoms with Gasteiger partial charge < -0.3 is 17.0 Å². The molecule has 0 spiro atoms. The van der Waals surface area contributed by atoms with E-state index in [0.29, 0.717) is 6.04 Å². The summed E-state index contributed by atoms with van der Waals surface area (Å²) < 4.78 is 2.30. The Morgan fingerprint density at radius 1 is 1.20 bits per heavy atom. The predicted molar refractivity (Wildman–Crippen MR) is 79.3 cm³/mol. The summed E-state index contributed by atoms with van der Waals surface area (Å²) >= 11 is 5.92. The Labute approximate surface area is 136 Å². The number of aryl methyl sites for hydroxylation is 1. The third-order valence-corrected chi connectivity index (χ3v) is 3.81. The quantitative estimate of drug-likeness (QED) is 0.721. The summed E-state index contributed by atoms with van der Waals surface area (Å²) in [6, 6.07) is 8.78. The zero-order valence-corrected chi connectivity index (χ0v) is 14.2. The van der Waals surface area contributed by atoms with Gasteiger partial charge in [-0.05, 0) is 43.4 Å². The van der Waals surface area contributed by atoms with Crippen molar-refractivity contribution >= 4 is 11.6 Å². The predicted octanol–water partition coefficient (Wildman–Crippen LogP) is 1.32. The van der Waals surface area contributed by atoms with Gasteiger partial charge in [-0.25, -0.2) is 4.57 Å². The Kier molecular flexibility index (Phi) is 7.93. The number of H-pyrrole nitrogens is 1. The molecule has 4 heteroatoms. The molecule has 1 heterocycles. The van der Waals surface area contributed by atoms with Gasteiger partial charge in [-0.15, -0.1) is 0 Å². The van der Waals surface area contributed by atoms with E-state index < -0.39 is 0 Å². The Balaban J connectivity index is 0.00000200. The zero-order chi connectivity index (χ0) is 13.5. The maximum atomic E-state index is 5.92. The minimum Gasteiger partial charge on any atom is -1.00 e. The summed E-state index contributed by atoms with van der Waals surface area (Å²) in [5.41, 5.74) is 1.36. The highest BCUT2D eigenvalue weighted by molar-refractivity contribution is 6.30. The Morgan fingerprint density at radius 2 is 1.95 bits per heavy atom. The van der Waals surface area contributed by atoms with Crippen LogP contribution < -0.4 is 21.5 Å². The van der Waals surface area contributed by atoms with Crippen molar-refractivity contribution in [1.29, 1.82) is 0 Å². The summed E-state index contributed by atoms with van der Waals surface area (Å²) in [4.78, 5) is 3.14. The van der Waals surface area contributed by atoms with Gasteiger partial charge in [-0.3, -0.25) is 4.98 Å². The first-order valence-corrected chi connectivity index (χ1v) is 7.45. The average molecular weight is 358 g/mol. The summed E-state index contributed by atoms with van der Waals surface area (Å²) in [6.07, 6.45) is 12.2. The normalized spacial score (nSPS) is 11.9. The Bertz CT molecular complexity index is 468. The van der Waals surface area contributed by atoms with Crippen LogP contribution in [0.2, 0.25) is 5.02 Å². The number of unbranched alkanes of at least 4 members (excludes halogenated alkanes) is 1. The van der Waals surface area contributed by atoms with Gasteiger partial charge >= 0.3 is 0 Å². The van der Waals surface area contributed by atoms with Crippen molar-refractivity contribution in [1.82, 2.24) is 4.98 Å². The number of imidazole rings is 1. The molecule has 1 atom stereocenters. The van der Waals surface area contributed by atoms with Crippen LogP contribution in [0.3, 0.4) is 0 Å². The molecule has 0 amide bonds. The van der Waals surface area contributed by atoms with Crippen molar-refractivity contribution < 1.29 is 21.5 Å². The first-order valence-electron chi connectivity index (χ1n) is 7.07.